The van der Waals surface area contributed by atoms with Crippen molar-refractivity contribution in [3.63, 3.8) is 0 Å². The molecule has 0 aliphatic rings. The van der Waals surface area contributed by atoms with Gasteiger partial charge in [0.25, 0.3) is 10.0 Å². The van der Waals surface area contributed by atoms with E-state index in [1.807, 2.05) is 4.72 Å². The Balaban J connectivity index is 2.60. The molecule has 0 unspecified atom stereocenters. The van der Waals surface area contributed by atoms with E-state index >= 15 is 0 Å². The van der Waals surface area contributed by atoms with Crippen LogP contribution >= 0.6 is 0 Å². The van der Waals surface area contributed by atoms with Gasteiger partial charge in [-0.05, 0) is 29.8 Å². The van der Waals surface area contributed by atoms with Crippen molar-refractivity contribution in [1.82, 2.24) is 0 Å². The van der Waals surface area contributed by atoms with Gasteiger partial charge in [-0.15, -0.1) is 0 Å². The summed E-state index contributed by atoms with van der Waals surface area (Å²) in [6, 6.07) is 6.61. The maximum atomic E-state index is 13.2. The molecule has 0 heterocycles. The third kappa shape index (κ3) is 4.18. The van der Waals surface area contributed by atoms with Crippen LogP contribution in [0, 0.1) is 0 Å². The maximum Gasteiger partial charge on any atom is 0.418 e. The highest BCUT2D eigenvalue weighted by molar-refractivity contribution is 7.92. The molecule has 0 saturated heterocycles. The van der Waals surface area contributed by atoms with Crippen LogP contribution < -0.4 is 4.72 Å². The van der Waals surface area contributed by atoms with E-state index in [0.29, 0.717) is 17.7 Å². The molecule has 3 nitrogen and oxygen atoms in total. The highest BCUT2D eigenvalue weighted by atomic mass is 32.2. The normalized spacial score (nSPS) is 12.7. The zero-order valence-corrected chi connectivity index (χ0v) is 13.6. The van der Waals surface area contributed by atoms with Crippen LogP contribution in [-0.4, -0.2) is 8.42 Å². The molecule has 0 aromatic heterocycles. The Kier molecular flexibility index (Phi) is 5.09. The van der Waals surface area contributed by atoms with Gasteiger partial charge in [0.2, 0.25) is 0 Å². The summed E-state index contributed by atoms with van der Waals surface area (Å²) in [6.07, 6.45) is -9.45. The average Bonchev–Trinajstić information content (AvgIpc) is 2.53. The molecule has 0 saturated carbocycles. The van der Waals surface area contributed by atoms with Crippen molar-refractivity contribution in [3.8, 4) is 0 Å². The van der Waals surface area contributed by atoms with Gasteiger partial charge in [0.15, 0.2) is 0 Å². The summed E-state index contributed by atoms with van der Waals surface area (Å²) >= 11 is 0. The topological polar surface area (TPSA) is 46.2 Å². The monoisotopic (exact) mass is 395 g/mol. The summed E-state index contributed by atoms with van der Waals surface area (Å²) in [7, 11) is -4.93. The molecule has 0 aliphatic carbocycles. The van der Waals surface area contributed by atoms with Gasteiger partial charge >= 0.3 is 12.4 Å². The van der Waals surface area contributed by atoms with Crippen LogP contribution in [0.3, 0.4) is 0 Å². The number of anilines is 1. The van der Waals surface area contributed by atoms with Crippen LogP contribution in [-0.2, 0) is 22.4 Å². The summed E-state index contributed by atoms with van der Waals surface area (Å²) < 4.78 is 105. The molecule has 0 fully saturated rings. The molecule has 0 radical (unpaired) electrons. The highest BCUT2D eigenvalue weighted by Crippen LogP contribution is 2.43. The molecule has 1 N–H and O–H groups in total. The van der Waals surface area contributed by atoms with Crippen molar-refractivity contribution in [2.24, 2.45) is 0 Å². The number of benzene rings is 2. The first-order chi connectivity index (χ1) is 11.9. The molecular formula is C16H11F6NO2S. The molecule has 0 amide bonds. The summed E-state index contributed by atoms with van der Waals surface area (Å²) in [6.45, 7) is 3.48. The standard InChI is InChI=1S/C16H11F6NO2S/c1-2-10-6-8-11(9-7-10)23-26(24,25)13-5-3-4-12(15(17,18)19)14(13)16(20,21)22/h2-9,23H,1H2. The van der Waals surface area contributed by atoms with Gasteiger partial charge in [-0.2, -0.15) is 26.3 Å². The number of hydrogen-bond donors (Lipinski definition) is 1. The maximum absolute atomic E-state index is 13.2. The van der Waals surface area contributed by atoms with Crippen molar-refractivity contribution < 1.29 is 34.8 Å². The van der Waals surface area contributed by atoms with E-state index in [-0.39, 0.29) is 11.8 Å². The predicted molar refractivity (Wildman–Crippen MR) is 83.8 cm³/mol. The zero-order chi connectivity index (χ0) is 19.8. The summed E-state index contributed by atoms with van der Waals surface area (Å²) in [5.74, 6) is 0. The second kappa shape index (κ2) is 6.67. The van der Waals surface area contributed by atoms with Crippen molar-refractivity contribution in [2.75, 3.05) is 4.72 Å². The van der Waals surface area contributed by atoms with Gasteiger partial charge < -0.3 is 0 Å². The van der Waals surface area contributed by atoms with Crippen LogP contribution in [0.5, 0.6) is 0 Å². The van der Waals surface area contributed by atoms with Gasteiger partial charge in [0.05, 0.1) is 11.1 Å². The predicted octanol–water partition coefficient (Wildman–Crippen LogP) is 5.17. The molecule has 26 heavy (non-hydrogen) atoms. The lowest BCUT2D eigenvalue weighted by atomic mass is 10.1. The Bertz CT molecular complexity index is 915. The number of halogens is 6. The van der Waals surface area contributed by atoms with Crippen LogP contribution in [0.25, 0.3) is 6.08 Å². The van der Waals surface area contributed by atoms with Gasteiger partial charge in [-0.25, -0.2) is 8.42 Å². The first-order valence-electron chi connectivity index (χ1n) is 6.89. The Hall–Kier alpha value is -2.49. The molecule has 0 aliphatic heterocycles. The number of rotatable bonds is 4. The number of nitrogens with one attached hydrogen (secondary N) is 1. The lowest BCUT2D eigenvalue weighted by molar-refractivity contribution is -0.163. The van der Waals surface area contributed by atoms with Gasteiger partial charge in [0, 0.05) is 5.69 Å². The van der Waals surface area contributed by atoms with E-state index in [2.05, 4.69) is 6.58 Å². The van der Waals surface area contributed by atoms with Crippen LogP contribution in [0.15, 0.2) is 53.9 Å². The molecule has 10 heteroatoms. The molecule has 2 aromatic rings. The number of sulfonamides is 1. The van der Waals surface area contributed by atoms with Crippen LogP contribution in [0.1, 0.15) is 16.7 Å². The lowest BCUT2D eigenvalue weighted by Gasteiger charge is -2.19. The van der Waals surface area contributed by atoms with Crippen LogP contribution in [0.2, 0.25) is 0 Å². The first kappa shape index (κ1) is 19.8. The quantitative estimate of drug-likeness (QED) is 0.727. The summed E-state index contributed by atoms with van der Waals surface area (Å²) in [5, 5.41) is 0. The van der Waals surface area contributed by atoms with E-state index in [1.165, 1.54) is 30.3 Å². The van der Waals surface area contributed by atoms with E-state index in [9.17, 15) is 34.8 Å². The fourth-order valence-electron chi connectivity index (χ4n) is 2.18. The van der Waals surface area contributed by atoms with Gasteiger partial charge in [-0.3, -0.25) is 4.72 Å². The largest absolute Gasteiger partial charge is 0.418 e. The summed E-state index contributed by atoms with van der Waals surface area (Å²) in [4.78, 5) is -1.51. The van der Waals surface area contributed by atoms with Crippen molar-refractivity contribution >= 4 is 21.8 Å². The van der Waals surface area contributed by atoms with Crippen molar-refractivity contribution in [2.45, 2.75) is 17.2 Å². The second-order valence-electron chi connectivity index (χ2n) is 5.11. The molecule has 140 valence electrons. The number of hydrogen-bond acceptors (Lipinski definition) is 2. The Morgan fingerprint density at radius 2 is 1.46 bits per heavy atom. The minimum Gasteiger partial charge on any atom is -0.280 e. The Morgan fingerprint density at radius 1 is 0.885 bits per heavy atom. The van der Waals surface area contributed by atoms with Crippen molar-refractivity contribution in [3.05, 3.63) is 65.7 Å². The van der Waals surface area contributed by atoms with Crippen LogP contribution in [0.4, 0.5) is 32.0 Å². The fourth-order valence-corrected chi connectivity index (χ4v) is 3.49. The second-order valence-corrected chi connectivity index (χ2v) is 6.76. The van der Waals surface area contributed by atoms with E-state index in [0.717, 1.165) is 0 Å². The molecule has 0 bridgehead atoms. The first-order valence-corrected chi connectivity index (χ1v) is 8.37. The average molecular weight is 395 g/mol. The third-order valence-electron chi connectivity index (χ3n) is 3.30. The Morgan fingerprint density at radius 3 is 1.92 bits per heavy atom. The fraction of sp³-hybridized carbons (Fsp3) is 0.125. The van der Waals surface area contributed by atoms with E-state index in [1.54, 1.807) is 0 Å². The minimum absolute atomic E-state index is 0.110. The summed E-state index contributed by atoms with van der Waals surface area (Å²) in [5.41, 5.74) is -3.83. The molecule has 0 atom stereocenters. The smallest absolute Gasteiger partial charge is 0.280 e. The third-order valence-corrected chi connectivity index (χ3v) is 4.73. The minimum atomic E-state index is -5.52. The number of alkyl halides is 6. The van der Waals surface area contributed by atoms with E-state index in [4.69, 9.17) is 0 Å². The van der Waals surface area contributed by atoms with E-state index < -0.39 is 38.4 Å². The lowest BCUT2D eigenvalue weighted by Crippen LogP contribution is -2.23. The Labute approximate surface area is 145 Å². The SMILES string of the molecule is C=Cc1ccc(NS(=O)(=O)c2cccc(C(F)(F)F)c2C(F)(F)F)cc1. The molecule has 2 rings (SSSR count). The highest BCUT2D eigenvalue weighted by Gasteiger charge is 2.46. The van der Waals surface area contributed by atoms with Crippen molar-refractivity contribution in [1.29, 1.82) is 0 Å². The molecule has 0 spiro atoms. The van der Waals surface area contributed by atoms with Gasteiger partial charge in [-0.1, -0.05) is 30.9 Å². The van der Waals surface area contributed by atoms with Gasteiger partial charge in [0.1, 0.15) is 4.90 Å². The molecular weight excluding hydrogens is 384 g/mol. The zero-order valence-electron chi connectivity index (χ0n) is 12.8. The molecule has 2 aromatic carbocycles.